The van der Waals surface area contributed by atoms with Crippen LogP contribution in [0.2, 0.25) is 0 Å². The van der Waals surface area contributed by atoms with Gasteiger partial charge in [0.25, 0.3) is 0 Å². The smallest absolute Gasteiger partial charge is 0.315 e. The zero-order chi connectivity index (χ0) is 12.8. The average Bonchev–Trinajstić information content (AvgIpc) is 3.00. The number of halogens is 1. The topological polar surface area (TPSA) is 48.4 Å². The van der Waals surface area contributed by atoms with E-state index < -0.39 is 5.41 Å². The van der Waals surface area contributed by atoms with E-state index in [1.807, 2.05) is 6.92 Å². The van der Waals surface area contributed by atoms with E-state index in [-0.39, 0.29) is 17.7 Å². The van der Waals surface area contributed by atoms with Gasteiger partial charge in [-0.1, -0.05) is 22.6 Å². The normalized spacial score (nSPS) is 37.3. The van der Waals surface area contributed by atoms with Crippen LogP contribution in [0.1, 0.15) is 30.7 Å². The van der Waals surface area contributed by atoms with Crippen molar-refractivity contribution in [1.82, 2.24) is 4.98 Å². The van der Waals surface area contributed by atoms with Gasteiger partial charge >= 0.3 is 5.97 Å². The monoisotopic (exact) mass is 379 g/mol. The van der Waals surface area contributed by atoms with E-state index in [9.17, 15) is 4.79 Å². The quantitative estimate of drug-likeness (QED) is 0.459. The van der Waals surface area contributed by atoms with Crippen molar-refractivity contribution in [2.75, 3.05) is 11.0 Å². The van der Waals surface area contributed by atoms with Gasteiger partial charge in [-0.05, 0) is 19.8 Å². The largest absolute Gasteiger partial charge is 0.465 e. The Labute approximate surface area is 123 Å². The average molecular weight is 379 g/mol. The highest BCUT2D eigenvalue weighted by atomic mass is 127. The number of thiazole rings is 1. The summed E-state index contributed by atoms with van der Waals surface area (Å²) in [5.41, 5.74) is 1.19. The lowest BCUT2D eigenvalue weighted by Crippen LogP contribution is -2.50. The Morgan fingerprint density at radius 2 is 2.50 bits per heavy atom. The fourth-order valence-electron chi connectivity index (χ4n) is 3.07. The summed E-state index contributed by atoms with van der Waals surface area (Å²) in [6, 6.07) is 0. The number of esters is 1. The molecule has 98 valence electrons. The molecule has 3 heterocycles. The summed E-state index contributed by atoms with van der Waals surface area (Å²) in [5.74, 6) is -0.110. The van der Waals surface area contributed by atoms with Crippen LogP contribution in [-0.4, -0.2) is 27.6 Å². The Morgan fingerprint density at radius 1 is 1.72 bits per heavy atom. The molecule has 1 saturated carbocycles. The highest BCUT2D eigenvalue weighted by Crippen LogP contribution is 2.68. The molecule has 18 heavy (non-hydrogen) atoms. The summed E-state index contributed by atoms with van der Waals surface area (Å²) >= 11 is 3.88. The van der Waals surface area contributed by atoms with Crippen molar-refractivity contribution in [2.24, 2.45) is 5.41 Å². The number of hydrogen-bond donors (Lipinski definition) is 0. The molecule has 0 radical (unpaired) electrons. The second kappa shape index (κ2) is 4.42. The third kappa shape index (κ3) is 1.65. The van der Waals surface area contributed by atoms with Crippen molar-refractivity contribution in [3.05, 3.63) is 16.6 Å². The SMILES string of the molecule is CCOC(=O)C12CC(CI)(C1)OC2c1cncs1. The first-order valence-electron chi connectivity index (χ1n) is 5.95. The molecule has 0 spiro atoms. The maximum Gasteiger partial charge on any atom is 0.315 e. The number of ether oxygens (including phenoxy) is 2. The molecular formula is C12H14INO3S. The Bertz CT molecular complexity index is 456. The lowest BCUT2D eigenvalue weighted by Gasteiger charge is -2.42. The van der Waals surface area contributed by atoms with E-state index in [2.05, 4.69) is 27.6 Å². The molecular weight excluding hydrogens is 365 g/mol. The van der Waals surface area contributed by atoms with Crippen LogP contribution in [0, 0.1) is 5.41 Å². The first-order chi connectivity index (χ1) is 8.66. The molecule has 3 aliphatic rings. The second-order valence-electron chi connectivity index (χ2n) is 4.95. The number of rotatable bonds is 4. The fraction of sp³-hybridized carbons (Fsp3) is 0.667. The van der Waals surface area contributed by atoms with E-state index in [0.29, 0.717) is 6.61 Å². The molecule has 1 aliphatic carbocycles. The van der Waals surface area contributed by atoms with Crippen LogP contribution in [0.25, 0.3) is 0 Å². The van der Waals surface area contributed by atoms with Crippen molar-refractivity contribution >= 4 is 39.9 Å². The van der Waals surface area contributed by atoms with Gasteiger partial charge < -0.3 is 9.47 Å². The van der Waals surface area contributed by atoms with Crippen LogP contribution in [-0.2, 0) is 14.3 Å². The van der Waals surface area contributed by atoms with Crippen LogP contribution in [0.15, 0.2) is 11.7 Å². The van der Waals surface area contributed by atoms with Crippen molar-refractivity contribution in [2.45, 2.75) is 31.5 Å². The van der Waals surface area contributed by atoms with Gasteiger partial charge in [-0.25, -0.2) is 0 Å². The predicted octanol–water partition coefficient (Wildman–Crippen LogP) is 2.73. The van der Waals surface area contributed by atoms with Gasteiger partial charge in [0, 0.05) is 10.6 Å². The van der Waals surface area contributed by atoms with Crippen LogP contribution < -0.4 is 0 Å². The fourth-order valence-corrected chi connectivity index (χ4v) is 4.55. The molecule has 1 aromatic rings. The predicted molar refractivity (Wildman–Crippen MR) is 75.9 cm³/mol. The molecule has 4 rings (SSSR count). The summed E-state index contributed by atoms with van der Waals surface area (Å²) in [5, 5.41) is 0. The van der Waals surface area contributed by atoms with E-state index in [1.165, 1.54) is 0 Å². The number of aromatic nitrogens is 1. The molecule has 1 atom stereocenters. The summed E-state index contributed by atoms with van der Waals surface area (Å²) in [6.45, 7) is 2.27. The summed E-state index contributed by atoms with van der Waals surface area (Å²) in [4.78, 5) is 17.4. The van der Waals surface area contributed by atoms with E-state index in [1.54, 1.807) is 23.0 Å². The number of fused-ring (bicyclic) bond motifs is 1. The number of alkyl halides is 1. The van der Waals surface area contributed by atoms with E-state index in [0.717, 1.165) is 22.1 Å². The van der Waals surface area contributed by atoms with Gasteiger partial charge in [0.1, 0.15) is 11.5 Å². The third-order valence-corrected chi connectivity index (χ3v) is 5.99. The Morgan fingerprint density at radius 3 is 3.06 bits per heavy atom. The lowest BCUT2D eigenvalue weighted by atomic mass is 9.60. The van der Waals surface area contributed by atoms with Gasteiger partial charge in [-0.3, -0.25) is 9.78 Å². The summed E-state index contributed by atoms with van der Waals surface area (Å²) in [6.07, 6.45) is 3.20. The zero-order valence-corrected chi connectivity index (χ0v) is 13.0. The van der Waals surface area contributed by atoms with E-state index >= 15 is 0 Å². The van der Waals surface area contributed by atoms with Gasteiger partial charge in [-0.15, -0.1) is 11.3 Å². The Kier molecular flexibility index (Phi) is 3.14. The van der Waals surface area contributed by atoms with Crippen LogP contribution in [0.4, 0.5) is 0 Å². The van der Waals surface area contributed by atoms with Crippen LogP contribution in [0.5, 0.6) is 0 Å². The number of carbonyl (C=O) groups excluding carboxylic acids is 1. The van der Waals surface area contributed by atoms with Gasteiger partial charge in [0.05, 0.1) is 22.6 Å². The molecule has 0 amide bonds. The highest BCUT2D eigenvalue weighted by molar-refractivity contribution is 14.1. The standard InChI is InChI=1S/C12H14INO3S/c1-2-16-10(15)12-4-11(5-12,6-13)17-9(12)8-3-14-7-18-8/h3,7,9H,2,4-6H2,1H3. The maximum atomic E-state index is 12.2. The molecule has 6 heteroatoms. The Hall–Kier alpha value is -0.210. The molecule has 3 fully saturated rings. The molecule has 1 aromatic heterocycles. The molecule has 2 aliphatic heterocycles. The van der Waals surface area contributed by atoms with E-state index in [4.69, 9.17) is 9.47 Å². The molecule has 0 N–H and O–H groups in total. The van der Waals surface area contributed by atoms with Crippen molar-refractivity contribution < 1.29 is 14.3 Å². The minimum atomic E-state index is -0.465. The first-order valence-corrected chi connectivity index (χ1v) is 8.36. The molecule has 2 bridgehead atoms. The molecule has 1 unspecified atom stereocenters. The van der Waals surface area contributed by atoms with Gasteiger partial charge in [0.2, 0.25) is 0 Å². The summed E-state index contributed by atoms with van der Waals surface area (Å²) < 4.78 is 12.3. The maximum absolute atomic E-state index is 12.2. The highest BCUT2D eigenvalue weighted by Gasteiger charge is 2.72. The number of nitrogens with zero attached hydrogens (tertiary/aromatic N) is 1. The molecule has 2 saturated heterocycles. The first kappa shape index (κ1) is 12.8. The van der Waals surface area contributed by atoms with Crippen molar-refractivity contribution in [3.63, 3.8) is 0 Å². The summed E-state index contributed by atoms with van der Waals surface area (Å²) in [7, 11) is 0. The zero-order valence-electron chi connectivity index (χ0n) is 10.0. The van der Waals surface area contributed by atoms with Gasteiger partial charge in [0.15, 0.2) is 0 Å². The van der Waals surface area contributed by atoms with Crippen molar-refractivity contribution in [1.29, 1.82) is 0 Å². The molecule has 4 nitrogen and oxygen atoms in total. The number of hydrogen-bond acceptors (Lipinski definition) is 5. The minimum Gasteiger partial charge on any atom is -0.465 e. The third-order valence-electron chi connectivity index (χ3n) is 3.78. The van der Waals surface area contributed by atoms with Crippen LogP contribution >= 0.6 is 33.9 Å². The number of carbonyl (C=O) groups is 1. The van der Waals surface area contributed by atoms with Crippen LogP contribution in [0.3, 0.4) is 0 Å². The molecule has 0 aromatic carbocycles. The van der Waals surface area contributed by atoms with Gasteiger partial charge in [-0.2, -0.15) is 0 Å². The second-order valence-corrected chi connectivity index (χ2v) is 6.63. The Balaban J connectivity index is 1.91. The minimum absolute atomic E-state index is 0.110. The van der Waals surface area contributed by atoms with Crippen molar-refractivity contribution in [3.8, 4) is 0 Å². The lowest BCUT2D eigenvalue weighted by molar-refractivity contribution is -0.161.